The summed E-state index contributed by atoms with van der Waals surface area (Å²) in [5.74, 6) is -0.640. The SMILES string of the molecule is CCN1CCN(Cc2c(C(=O)N=Nc3c(O)n(C)c4ccccc34)nnn2-c2nonc2N)CC1.Cl. The van der Waals surface area contributed by atoms with Crippen LogP contribution in [0.15, 0.2) is 39.1 Å². The lowest BCUT2D eigenvalue weighted by Gasteiger charge is -2.33. The third-order valence-corrected chi connectivity index (χ3v) is 6.24. The van der Waals surface area contributed by atoms with Crippen LogP contribution in [0, 0.1) is 0 Å². The molecule has 0 saturated carbocycles. The summed E-state index contributed by atoms with van der Waals surface area (Å²) in [4.78, 5) is 17.7. The van der Waals surface area contributed by atoms with E-state index in [0.29, 0.717) is 17.6 Å². The van der Waals surface area contributed by atoms with Gasteiger partial charge in [0.2, 0.25) is 17.5 Å². The summed E-state index contributed by atoms with van der Waals surface area (Å²) < 4.78 is 7.63. The quantitative estimate of drug-likeness (QED) is 0.361. The van der Waals surface area contributed by atoms with Crippen LogP contribution in [0.1, 0.15) is 23.1 Å². The standard InChI is InChI=1S/C21H25N11O3.ClH/c1-3-30-8-10-31(11-9-30)12-15-17(24-28-32(15)19-18(22)26-35-27-19)20(33)25-23-16-13-6-4-5-7-14(13)29(2)21(16)34;/h4-7,34H,3,8-12H2,1-2H3,(H2,22,26);1H. The summed E-state index contributed by atoms with van der Waals surface area (Å²) in [6.07, 6.45) is 0. The van der Waals surface area contributed by atoms with Gasteiger partial charge in [0.25, 0.3) is 0 Å². The summed E-state index contributed by atoms with van der Waals surface area (Å²) in [6, 6.07) is 7.31. The third kappa shape index (κ3) is 4.53. The number of nitrogens with two attached hydrogens (primary N) is 1. The third-order valence-electron chi connectivity index (χ3n) is 6.24. The van der Waals surface area contributed by atoms with Crippen molar-refractivity contribution in [1.82, 2.24) is 39.7 Å². The molecule has 4 heterocycles. The molecule has 3 aromatic heterocycles. The number of nitrogen functional groups attached to an aromatic ring is 1. The smallest absolute Gasteiger partial charge is 0.317 e. The van der Waals surface area contributed by atoms with Gasteiger partial charge in [-0.1, -0.05) is 30.3 Å². The second-order valence-corrected chi connectivity index (χ2v) is 8.23. The maximum atomic E-state index is 13.1. The van der Waals surface area contributed by atoms with Gasteiger partial charge in [-0.25, -0.2) is 4.63 Å². The van der Waals surface area contributed by atoms with Crippen molar-refractivity contribution in [3.05, 3.63) is 35.7 Å². The maximum absolute atomic E-state index is 13.1. The van der Waals surface area contributed by atoms with Crippen molar-refractivity contribution in [2.24, 2.45) is 17.3 Å². The Kier molecular flexibility index (Phi) is 7.28. The Bertz CT molecular complexity index is 1400. The fourth-order valence-corrected chi connectivity index (χ4v) is 4.19. The number of aromatic nitrogens is 6. The first kappa shape index (κ1) is 25.2. The molecule has 14 nitrogen and oxygen atoms in total. The Morgan fingerprint density at radius 2 is 1.89 bits per heavy atom. The van der Waals surface area contributed by atoms with Crippen molar-refractivity contribution in [3.8, 4) is 11.7 Å². The molecule has 0 aliphatic carbocycles. The predicted molar refractivity (Wildman–Crippen MR) is 132 cm³/mol. The first-order chi connectivity index (χ1) is 17.0. The summed E-state index contributed by atoms with van der Waals surface area (Å²) >= 11 is 0. The van der Waals surface area contributed by atoms with Crippen LogP contribution in [-0.4, -0.2) is 83.4 Å². The van der Waals surface area contributed by atoms with Crippen molar-refractivity contribution in [3.63, 3.8) is 0 Å². The Hall–Kier alpha value is -3.88. The molecule has 1 saturated heterocycles. The van der Waals surface area contributed by atoms with Crippen LogP contribution in [0.2, 0.25) is 0 Å². The van der Waals surface area contributed by atoms with Crippen molar-refractivity contribution in [1.29, 1.82) is 0 Å². The zero-order valence-electron chi connectivity index (χ0n) is 19.8. The van der Waals surface area contributed by atoms with Gasteiger partial charge in [0.15, 0.2) is 11.4 Å². The molecule has 0 atom stereocenters. The Morgan fingerprint density at radius 1 is 1.17 bits per heavy atom. The minimum atomic E-state index is -0.708. The van der Waals surface area contributed by atoms with Crippen LogP contribution in [0.5, 0.6) is 5.88 Å². The zero-order valence-corrected chi connectivity index (χ0v) is 20.6. The Morgan fingerprint density at radius 3 is 2.58 bits per heavy atom. The molecule has 1 amide bonds. The average Bonchev–Trinajstić information content (AvgIpc) is 3.55. The number of likely N-dealkylation sites (N-methyl/N-ethyl adjacent to an activating group) is 1. The number of nitrogens with zero attached hydrogens (tertiary/aromatic N) is 10. The molecule has 1 aliphatic heterocycles. The molecule has 190 valence electrons. The van der Waals surface area contributed by atoms with Crippen molar-refractivity contribution in [2.75, 3.05) is 38.5 Å². The number of para-hydroxylation sites is 1. The van der Waals surface area contributed by atoms with E-state index in [1.165, 1.54) is 4.68 Å². The van der Waals surface area contributed by atoms with Crippen molar-refractivity contribution < 1.29 is 14.5 Å². The number of carbonyl (C=O) groups excluding carboxylic acids is 1. The molecule has 4 aromatic rings. The lowest BCUT2D eigenvalue weighted by molar-refractivity contribution is 0.0985. The molecule has 1 aliphatic rings. The van der Waals surface area contributed by atoms with Crippen LogP contribution in [-0.2, 0) is 13.6 Å². The first-order valence-corrected chi connectivity index (χ1v) is 11.2. The molecular formula is C21H26ClN11O3. The second-order valence-electron chi connectivity index (χ2n) is 8.23. The van der Waals surface area contributed by atoms with E-state index >= 15 is 0 Å². The number of anilines is 1. The minimum absolute atomic E-state index is 0. The number of carbonyl (C=O) groups is 1. The number of hydrogen-bond acceptors (Lipinski definition) is 11. The molecule has 1 aromatic carbocycles. The van der Waals surface area contributed by atoms with E-state index in [1.807, 2.05) is 18.2 Å². The number of azo groups is 1. The van der Waals surface area contributed by atoms with E-state index < -0.39 is 5.91 Å². The number of hydrogen-bond donors (Lipinski definition) is 2. The molecule has 0 bridgehead atoms. The van der Waals surface area contributed by atoms with Gasteiger partial charge in [0, 0.05) is 45.2 Å². The monoisotopic (exact) mass is 515 g/mol. The van der Waals surface area contributed by atoms with Crippen LogP contribution < -0.4 is 5.73 Å². The second kappa shape index (κ2) is 10.4. The number of fused-ring (bicyclic) bond motifs is 1. The van der Waals surface area contributed by atoms with Crippen LogP contribution >= 0.6 is 12.4 Å². The van der Waals surface area contributed by atoms with E-state index in [-0.39, 0.29) is 41.3 Å². The normalized spacial score (nSPS) is 15.1. The van der Waals surface area contributed by atoms with Gasteiger partial charge in [-0.2, -0.15) is 4.68 Å². The first-order valence-electron chi connectivity index (χ1n) is 11.2. The zero-order chi connectivity index (χ0) is 24.5. The molecule has 1 fully saturated rings. The largest absolute Gasteiger partial charge is 0.493 e. The van der Waals surface area contributed by atoms with Gasteiger partial charge in [-0.05, 0) is 22.9 Å². The van der Waals surface area contributed by atoms with Crippen molar-refractivity contribution >= 4 is 40.7 Å². The van der Waals surface area contributed by atoms with Gasteiger partial charge in [0.1, 0.15) is 0 Å². The highest BCUT2D eigenvalue weighted by atomic mass is 35.5. The summed E-state index contributed by atoms with van der Waals surface area (Å²) in [5.41, 5.74) is 7.29. The van der Waals surface area contributed by atoms with Crippen LogP contribution in [0.4, 0.5) is 11.5 Å². The highest BCUT2D eigenvalue weighted by Gasteiger charge is 2.27. The molecular weight excluding hydrogens is 490 g/mol. The van der Waals surface area contributed by atoms with E-state index in [2.05, 4.69) is 47.6 Å². The topological polar surface area (TPSA) is 169 Å². The minimum Gasteiger partial charge on any atom is -0.493 e. The number of halogens is 1. The predicted octanol–water partition coefficient (Wildman–Crippen LogP) is 1.91. The van der Waals surface area contributed by atoms with Gasteiger partial charge in [0.05, 0.1) is 11.2 Å². The molecule has 5 rings (SSSR count). The van der Waals surface area contributed by atoms with Gasteiger partial charge in [-0.15, -0.1) is 27.7 Å². The molecule has 15 heteroatoms. The fraction of sp³-hybridized carbons (Fsp3) is 0.381. The lowest BCUT2D eigenvalue weighted by Crippen LogP contribution is -2.46. The number of rotatable bonds is 6. The average molecular weight is 516 g/mol. The van der Waals surface area contributed by atoms with Crippen LogP contribution in [0.3, 0.4) is 0 Å². The number of benzene rings is 1. The number of aryl methyl sites for hydroxylation is 1. The summed E-state index contributed by atoms with van der Waals surface area (Å²) in [5, 5.41) is 34.6. The van der Waals surface area contributed by atoms with E-state index in [0.717, 1.165) is 38.2 Å². The number of piperazine rings is 1. The van der Waals surface area contributed by atoms with Crippen molar-refractivity contribution in [2.45, 2.75) is 13.5 Å². The molecule has 3 N–H and O–H groups in total. The van der Waals surface area contributed by atoms with Gasteiger partial charge in [-0.3, -0.25) is 9.69 Å². The molecule has 0 radical (unpaired) electrons. The van der Waals surface area contributed by atoms with E-state index in [1.54, 1.807) is 17.7 Å². The molecule has 36 heavy (non-hydrogen) atoms. The van der Waals surface area contributed by atoms with Gasteiger partial charge < -0.3 is 20.3 Å². The summed E-state index contributed by atoms with van der Waals surface area (Å²) in [6.45, 7) is 6.93. The molecule has 0 spiro atoms. The van der Waals surface area contributed by atoms with E-state index in [4.69, 9.17) is 10.4 Å². The maximum Gasteiger partial charge on any atom is 0.317 e. The molecule has 0 unspecified atom stereocenters. The van der Waals surface area contributed by atoms with Crippen LogP contribution in [0.25, 0.3) is 16.7 Å². The van der Waals surface area contributed by atoms with Gasteiger partial charge >= 0.3 is 5.91 Å². The Balaban J connectivity index is 0.00000304. The highest BCUT2D eigenvalue weighted by Crippen LogP contribution is 2.37. The fourth-order valence-electron chi connectivity index (χ4n) is 4.19. The lowest BCUT2D eigenvalue weighted by atomic mass is 10.2. The Labute approximate surface area is 211 Å². The summed E-state index contributed by atoms with van der Waals surface area (Å²) in [7, 11) is 1.71. The highest BCUT2D eigenvalue weighted by molar-refractivity contribution is 5.97. The number of amides is 1. The number of aromatic hydroxyl groups is 1. The van der Waals surface area contributed by atoms with E-state index in [9.17, 15) is 9.90 Å².